The summed E-state index contributed by atoms with van der Waals surface area (Å²) >= 11 is 6.30. The maximum Gasteiger partial charge on any atom is 0.586 e. The molecule has 2 heterocycles. The summed E-state index contributed by atoms with van der Waals surface area (Å²) in [5.74, 6) is -0.455. The quantitative estimate of drug-likeness (QED) is 0.588. The van der Waals surface area contributed by atoms with Crippen molar-refractivity contribution >= 4 is 23.2 Å². The van der Waals surface area contributed by atoms with Gasteiger partial charge in [0.2, 0.25) is 0 Å². The third-order valence-electron chi connectivity index (χ3n) is 4.79. The van der Waals surface area contributed by atoms with Crippen molar-refractivity contribution in [2.45, 2.75) is 33.1 Å². The molecule has 4 rings (SSSR count). The molecule has 156 valence electrons. The highest BCUT2D eigenvalue weighted by atomic mass is 35.5. The molecule has 0 aliphatic carbocycles. The van der Waals surface area contributed by atoms with Gasteiger partial charge in [0.25, 0.3) is 5.91 Å². The number of nitrogens with one attached hydrogen (secondary N) is 1. The van der Waals surface area contributed by atoms with Gasteiger partial charge in [-0.25, -0.2) is 0 Å². The van der Waals surface area contributed by atoms with E-state index in [0.29, 0.717) is 35.5 Å². The number of alkyl halides is 2. The first-order valence-corrected chi connectivity index (χ1v) is 9.75. The Balaban J connectivity index is 1.64. The molecule has 1 amide bonds. The van der Waals surface area contributed by atoms with Crippen LogP contribution in [0.5, 0.6) is 11.5 Å². The minimum atomic E-state index is -3.71. The van der Waals surface area contributed by atoms with Crippen LogP contribution in [0.25, 0.3) is 11.1 Å². The van der Waals surface area contributed by atoms with Gasteiger partial charge in [0, 0.05) is 30.1 Å². The summed E-state index contributed by atoms with van der Waals surface area (Å²) in [6.45, 7) is 4.44. The van der Waals surface area contributed by atoms with Crippen molar-refractivity contribution in [1.82, 2.24) is 9.78 Å². The third kappa shape index (κ3) is 3.70. The highest BCUT2D eigenvalue weighted by Gasteiger charge is 2.43. The maximum atomic E-state index is 13.3. The van der Waals surface area contributed by atoms with Gasteiger partial charge in [-0.15, -0.1) is 8.78 Å². The van der Waals surface area contributed by atoms with Crippen LogP contribution in [0.3, 0.4) is 0 Å². The molecule has 0 saturated carbocycles. The van der Waals surface area contributed by atoms with Gasteiger partial charge in [0.15, 0.2) is 11.5 Å². The highest BCUT2D eigenvalue weighted by molar-refractivity contribution is 6.33. The first-order chi connectivity index (χ1) is 14.3. The molecule has 1 aromatic heterocycles. The maximum absolute atomic E-state index is 13.3. The number of amides is 1. The van der Waals surface area contributed by atoms with Crippen LogP contribution in [0.4, 0.5) is 14.5 Å². The lowest BCUT2D eigenvalue weighted by Crippen LogP contribution is -2.25. The van der Waals surface area contributed by atoms with E-state index < -0.39 is 6.29 Å². The molecule has 0 unspecified atom stereocenters. The molecule has 0 spiro atoms. The zero-order valence-corrected chi connectivity index (χ0v) is 17.0. The number of nitrogens with zero attached hydrogens (tertiary/aromatic N) is 2. The van der Waals surface area contributed by atoms with E-state index in [-0.39, 0.29) is 22.4 Å². The van der Waals surface area contributed by atoms with Crippen molar-refractivity contribution in [3.8, 4) is 22.6 Å². The summed E-state index contributed by atoms with van der Waals surface area (Å²) < 4.78 is 37.2. The Morgan fingerprint density at radius 1 is 1.17 bits per heavy atom. The third-order valence-corrected chi connectivity index (χ3v) is 5.10. The van der Waals surface area contributed by atoms with Crippen molar-refractivity contribution in [1.29, 1.82) is 0 Å². The molecule has 2 aromatic carbocycles. The lowest BCUT2D eigenvalue weighted by molar-refractivity contribution is -0.286. The standard InChI is InChI=1S/C21H18ClF2N3O3/c1-3-12-9-13(14-10-18-19(11-15(14)22)30-21(23,24)29-18)5-6-16(12)26-20(28)17-7-8-25-27(17)4-2/h5-11H,3-4H2,1-2H3,(H,26,28). The molecular formula is C21H18ClF2N3O3. The first-order valence-electron chi connectivity index (χ1n) is 9.37. The van der Waals surface area contributed by atoms with Gasteiger partial charge in [-0.2, -0.15) is 5.10 Å². The van der Waals surface area contributed by atoms with Crippen molar-refractivity contribution < 1.29 is 23.0 Å². The van der Waals surface area contributed by atoms with Crippen LogP contribution in [-0.4, -0.2) is 22.0 Å². The Bertz CT molecular complexity index is 1130. The summed E-state index contributed by atoms with van der Waals surface area (Å²) in [7, 11) is 0. The van der Waals surface area contributed by atoms with Crippen LogP contribution in [0.2, 0.25) is 5.02 Å². The number of hydrogen-bond donors (Lipinski definition) is 1. The molecular weight excluding hydrogens is 416 g/mol. The molecule has 9 heteroatoms. The van der Waals surface area contributed by atoms with Crippen molar-refractivity contribution in [2.75, 3.05) is 5.32 Å². The first kappa shape index (κ1) is 20.2. The fourth-order valence-corrected chi connectivity index (χ4v) is 3.60. The number of anilines is 1. The molecule has 0 fully saturated rings. The van der Waals surface area contributed by atoms with Gasteiger partial charge in [0.05, 0.1) is 5.02 Å². The lowest BCUT2D eigenvalue weighted by atomic mass is 10.00. The van der Waals surface area contributed by atoms with E-state index >= 15 is 0 Å². The van der Waals surface area contributed by atoms with E-state index in [4.69, 9.17) is 11.6 Å². The Labute approximate surface area is 176 Å². The number of ether oxygens (including phenoxy) is 2. The van der Waals surface area contributed by atoms with E-state index in [1.165, 1.54) is 12.1 Å². The average Bonchev–Trinajstić information content (AvgIpc) is 3.30. The summed E-state index contributed by atoms with van der Waals surface area (Å²) in [5.41, 5.74) is 3.20. The number of aryl methyl sites for hydroxylation is 2. The Morgan fingerprint density at radius 2 is 1.90 bits per heavy atom. The predicted octanol–water partition coefficient (Wildman–Crippen LogP) is 5.36. The molecule has 3 aromatic rings. The molecule has 6 nitrogen and oxygen atoms in total. The van der Waals surface area contributed by atoms with Gasteiger partial charge in [-0.05, 0) is 48.7 Å². The average molecular weight is 434 g/mol. The SMILES string of the molecule is CCc1cc(-c2cc3c(cc2Cl)OC(F)(F)O3)ccc1NC(=O)c1ccnn1CC. The van der Waals surface area contributed by atoms with Crippen LogP contribution in [0, 0.1) is 0 Å². The fourth-order valence-electron chi connectivity index (χ4n) is 3.33. The van der Waals surface area contributed by atoms with E-state index in [9.17, 15) is 13.6 Å². The van der Waals surface area contributed by atoms with Crippen LogP contribution >= 0.6 is 11.6 Å². The summed E-state index contributed by atoms with van der Waals surface area (Å²) in [4.78, 5) is 12.6. The van der Waals surface area contributed by atoms with E-state index in [2.05, 4.69) is 19.9 Å². The molecule has 0 bridgehead atoms. The van der Waals surface area contributed by atoms with Gasteiger partial charge in [-0.3, -0.25) is 9.48 Å². The second-order valence-electron chi connectivity index (χ2n) is 6.66. The van der Waals surface area contributed by atoms with Crippen molar-refractivity contribution in [2.24, 2.45) is 0 Å². The molecule has 1 aliphatic heterocycles. The number of carbonyl (C=O) groups is 1. The minimum absolute atomic E-state index is 0.0809. The zero-order chi connectivity index (χ0) is 21.5. The molecule has 0 radical (unpaired) electrons. The van der Waals surface area contributed by atoms with Crippen LogP contribution in [0.1, 0.15) is 29.9 Å². The van der Waals surface area contributed by atoms with Crippen LogP contribution in [0.15, 0.2) is 42.6 Å². The number of rotatable bonds is 5. The number of benzene rings is 2. The number of fused-ring (bicyclic) bond motifs is 1. The largest absolute Gasteiger partial charge is 0.586 e. The molecule has 1 N–H and O–H groups in total. The van der Waals surface area contributed by atoms with E-state index in [1.54, 1.807) is 29.1 Å². The fraction of sp³-hybridized carbons (Fsp3) is 0.238. The van der Waals surface area contributed by atoms with Crippen LogP contribution < -0.4 is 14.8 Å². The van der Waals surface area contributed by atoms with Gasteiger partial charge >= 0.3 is 6.29 Å². The second kappa shape index (κ2) is 7.60. The van der Waals surface area contributed by atoms with Crippen molar-refractivity contribution in [3.63, 3.8) is 0 Å². The van der Waals surface area contributed by atoms with Gasteiger partial charge < -0.3 is 14.8 Å². The Kier molecular flexibility index (Phi) is 5.11. The minimum Gasteiger partial charge on any atom is -0.395 e. The van der Waals surface area contributed by atoms with Crippen LogP contribution in [-0.2, 0) is 13.0 Å². The smallest absolute Gasteiger partial charge is 0.395 e. The number of carbonyl (C=O) groups excluding carboxylic acids is 1. The summed E-state index contributed by atoms with van der Waals surface area (Å²) in [5, 5.41) is 7.27. The molecule has 1 aliphatic rings. The molecule has 0 atom stereocenters. The summed E-state index contributed by atoms with van der Waals surface area (Å²) in [6, 6.07) is 9.75. The Morgan fingerprint density at radius 3 is 2.60 bits per heavy atom. The number of hydrogen-bond acceptors (Lipinski definition) is 4. The number of aromatic nitrogens is 2. The van der Waals surface area contributed by atoms with Crippen molar-refractivity contribution in [3.05, 3.63) is 58.9 Å². The molecule has 0 saturated heterocycles. The topological polar surface area (TPSA) is 65.4 Å². The molecule has 30 heavy (non-hydrogen) atoms. The monoisotopic (exact) mass is 433 g/mol. The summed E-state index contributed by atoms with van der Waals surface area (Å²) in [6.07, 6.45) is -1.50. The Hall–Kier alpha value is -3.13. The second-order valence-corrected chi connectivity index (χ2v) is 7.07. The highest BCUT2D eigenvalue weighted by Crippen LogP contribution is 2.46. The zero-order valence-electron chi connectivity index (χ0n) is 16.2. The normalized spacial score (nSPS) is 14.0. The number of halogens is 3. The van der Waals surface area contributed by atoms with E-state index in [1.807, 2.05) is 19.9 Å². The predicted molar refractivity (Wildman–Crippen MR) is 108 cm³/mol. The van der Waals surface area contributed by atoms with Gasteiger partial charge in [0.1, 0.15) is 5.69 Å². The van der Waals surface area contributed by atoms with Gasteiger partial charge in [-0.1, -0.05) is 24.6 Å². The lowest BCUT2D eigenvalue weighted by Gasteiger charge is -2.13. The van der Waals surface area contributed by atoms with E-state index in [0.717, 1.165) is 5.56 Å².